The van der Waals surface area contributed by atoms with Crippen molar-refractivity contribution in [1.82, 2.24) is 20.1 Å². The number of hydrogen-bond donors (Lipinski definition) is 2. The molecule has 3 aromatic rings. The summed E-state index contributed by atoms with van der Waals surface area (Å²) < 4.78 is 1.80. The van der Waals surface area contributed by atoms with Crippen LogP contribution < -0.4 is 5.32 Å². The van der Waals surface area contributed by atoms with Crippen LogP contribution in [0, 0.1) is 0 Å². The maximum atomic E-state index is 6.35. The molecule has 0 bridgehead atoms. The number of rotatable bonds is 4. The molecular weight excluding hydrogens is 260 g/mol. The van der Waals surface area contributed by atoms with Gasteiger partial charge in [0.2, 0.25) is 0 Å². The van der Waals surface area contributed by atoms with Crippen LogP contribution in [0.1, 0.15) is 11.4 Å². The number of hydrogen-bond acceptors (Lipinski definition) is 2. The lowest BCUT2D eigenvalue weighted by Gasteiger charge is -2.01. The van der Waals surface area contributed by atoms with E-state index in [4.69, 9.17) is 11.6 Å². The molecule has 0 unspecified atom stereocenters. The van der Waals surface area contributed by atoms with Gasteiger partial charge in [0.25, 0.3) is 0 Å². The second-order valence-electron chi connectivity index (χ2n) is 4.55. The number of benzene rings is 1. The van der Waals surface area contributed by atoms with E-state index in [0.717, 1.165) is 33.9 Å². The average Bonchev–Trinajstić information content (AvgIpc) is 2.96. The summed E-state index contributed by atoms with van der Waals surface area (Å²) in [6, 6.07) is 10.0. The first kappa shape index (κ1) is 12.3. The molecule has 0 aliphatic carbocycles. The number of aromatic nitrogens is 3. The second kappa shape index (κ2) is 5.07. The van der Waals surface area contributed by atoms with Crippen LogP contribution >= 0.6 is 11.6 Å². The Morgan fingerprint density at radius 3 is 2.84 bits per heavy atom. The first-order valence-electron chi connectivity index (χ1n) is 6.18. The highest BCUT2D eigenvalue weighted by molar-refractivity contribution is 6.36. The Kier molecular flexibility index (Phi) is 3.27. The molecular formula is C14H15ClN4. The molecule has 0 fully saturated rings. The SMILES string of the molecule is Cn1ccc(CNCc2[nH]c3ccccc3c2Cl)n1. The van der Waals surface area contributed by atoms with Crippen molar-refractivity contribution in [3.05, 3.63) is 52.9 Å². The normalized spacial score (nSPS) is 11.3. The van der Waals surface area contributed by atoms with Crippen LogP contribution in [0.4, 0.5) is 0 Å². The average molecular weight is 275 g/mol. The summed E-state index contributed by atoms with van der Waals surface area (Å²) in [5.41, 5.74) is 3.11. The molecule has 0 saturated heterocycles. The van der Waals surface area contributed by atoms with Gasteiger partial charge in [0.1, 0.15) is 0 Å². The van der Waals surface area contributed by atoms with Crippen LogP contribution in [0.5, 0.6) is 0 Å². The zero-order chi connectivity index (χ0) is 13.2. The van der Waals surface area contributed by atoms with Gasteiger partial charge in [-0.05, 0) is 12.1 Å². The van der Waals surface area contributed by atoms with Gasteiger partial charge in [-0.1, -0.05) is 29.8 Å². The molecule has 0 aliphatic heterocycles. The summed E-state index contributed by atoms with van der Waals surface area (Å²) in [6.07, 6.45) is 1.94. The van der Waals surface area contributed by atoms with Crippen LogP contribution in [-0.4, -0.2) is 14.8 Å². The highest BCUT2D eigenvalue weighted by Gasteiger charge is 2.08. The minimum Gasteiger partial charge on any atom is -0.356 e. The van der Waals surface area contributed by atoms with E-state index in [1.54, 1.807) is 4.68 Å². The van der Waals surface area contributed by atoms with Gasteiger partial charge in [-0.2, -0.15) is 5.10 Å². The summed E-state index contributed by atoms with van der Waals surface area (Å²) in [5.74, 6) is 0. The van der Waals surface area contributed by atoms with Crippen LogP contribution in [-0.2, 0) is 20.1 Å². The quantitative estimate of drug-likeness (QED) is 0.768. The maximum absolute atomic E-state index is 6.35. The molecule has 2 heterocycles. The molecule has 0 spiro atoms. The maximum Gasteiger partial charge on any atom is 0.0762 e. The van der Waals surface area contributed by atoms with Gasteiger partial charge < -0.3 is 10.3 Å². The number of H-pyrrole nitrogens is 1. The summed E-state index contributed by atoms with van der Waals surface area (Å²) in [4.78, 5) is 3.34. The van der Waals surface area contributed by atoms with Crippen LogP contribution in [0.25, 0.3) is 10.9 Å². The van der Waals surface area contributed by atoms with Crippen LogP contribution in [0.15, 0.2) is 36.5 Å². The standard InChI is InChI=1S/C14H15ClN4/c1-19-7-6-10(18-19)8-16-9-13-14(15)11-4-2-3-5-12(11)17-13/h2-7,16-17H,8-9H2,1H3. The summed E-state index contributed by atoms with van der Waals surface area (Å²) in [6.45, 7) is 1.43. The van der Waals surface area contributed by atoms with Crippen LogP contribution in [0.2, 0.25) is 5.02 Å². The molecule has 3 rings (SSSR count). The Balaban J connectivity index is 1.70. The molecule has 19 heavy (non-hydrogen) atoms. The van der Waals surface area contributed by atoms with Crippen molar-refractivity contribution in [2.75, 3.05) is 0 Å². The fourth-order valence-corrected chi connectivity index (χ4v) is 2.44. The number of nitrogens with zero attached hydrogens (tertiary/aromatic N) is 2. The number of fused-ring (bicyclic) bond motifs is 1. The van der Waals surface area contributed by atoms with Crippen molar-refractivity contribution in [3.63, 3.8) is 0 Å². The Labute approximate surface area is 116 Å². The fourth-order valence-electron chi connectivity index (χ4n) is 2.16. The predicted octanol–water partition coefficient (Wildman–Crippen LogP) is 2.84. The zero-order valence-electron chi connectivity index (χ0n) is 10.7. The molecule has 5 heteroatoms. The number of halogens is 1. The first-order chi connectivity index (χ1) is 9.24. The molecule has 2 aromatic heterocycles. The number of aromatic amines is 1. The van der Waals surface area contributed by atoms with E-state index in [9.17, 15) is 0 Å². The second-order valence-corrected chi connectivity index (χ2v) is 4.93. The highest BCUT2D eigenvalue weighted by Crippen LogP contribution is 2.26. The van der Waals surface area contributed by atoms with Crippen molar-refractivity contribution in [3.8, 4) is 0 Å². The number of aryl methyl sites for hydroxylation is 1. The molecule has 4 nitrogen and oxygen atoms in total. The van der Waals surface area contributed by atoms with Crippen molar-refractivity contribution in [1.29, 1.82) is 0 Å². The lowest BCUT2D eigenvalue weighted by Crippen LogP contribution is -2.13. The van der Waals surface area contributed by atoms with Gasteiger partial charge in [0, 0.05) is 42.9 Å². The van der Waals surface area contributed by atoms with Crippen LogP contribution in [0.3, 0.4) is 0 Å². The van der Waals surface area contributed by atoms with E-state index in [1.807, 2.05) is 43.6 Å². The van der Waals surface area contributed by atoms with Crippen molar-refractivity contribution in [2.24, 2.45) is 7.05 Å². The number of para-hydroxylation sites is 1. The minimum absolute atomic E-state index is 0.698. The van der Waals surface area contributed by atoms with E-state index in [-0.39, 0.29) is 0 Å². The van der Waals surface area contributed by atoms with E-state index < -0.39 is 0 Å². The zero-order valence-corrected chi connectivity index (χ0v) is 11.4. The minimum atomic E-state index is 0.698. The Bertz CT molecular complexity index is 698. The van der Waals surface area contributed by atoms with Crippen molar-refractivity contribution >= 4 is 22.5 Å². The van der Waals surface area contributed by atoms with E-state index in [0.29, 0.717) is 6.54 Å². The van der Waals surface area contributed by atoms with Gasteiger partial charge >= 0.3 is 0 Å². The van der Waals surface area contributed by atoms with Crippen molar-refractivity contribution in [2.45, 2.75) is 13.1 Å². The monoisotopic (exact) mass is 274 g/mol. The van der Waals surface area contributed by atoms with Gasteiger partial charge in [-0.15, -0.1) is 0 Å². The van der Waals surface area contributed by atoms with Gasteiger partial charge in [0.15, 0.2) is 0 Å². The topological polar surface area (TPSA) is 45.6 Å². The lowest BCUT2D eigenvalue weighted by molar-refractivity contribution is 0.650. The Morgan fingerprint density at radius 1 is 1.26 bits per heavy atom. The Hall–Kier alpha value is -1.78. The van der Waals surface area contributed by atoms with E-state index in [1.165, 1.54) is 0 Å². The number of nitrogens with one attached hydrogen (secondary N) is 2. The summed E-state index contributed by atoms with van der Waals surface area (Å²) in [7, 11) is 1.91. The van der Waals surface area contributed by atoms with Gasteiger partial charge in [-0.3, -0.25) is 4.68 Å². The molecule has 0 amide bonds. The largest absolute Gasteiger partial charge is 0.356 e. The summed E-state index contributed by atoms with van der Waals surface area (Å²) >= 11 is 6.35. The fraction of sp³-hybridized carbons (Fsp3) is 0.214. The molecule has 0 radical (unpaired) electrons. The summed E-state index contributed by atoms with van der Waals surface area (Å²) in [5, 5.41) is 9.52. The third-order valence-corrected chi connectivity index (χ3v) is 3.52. The third kappa shape index (κ3) is 2.50. The first-order valence-corrected chi connectivity index (χ1v) is 6.56. The lowest BCUT2D eigenvalue weighted by atomic mass is 10.2. The molecule has 1 aromatic carbocycles. The van der Waals surface area contributed by atoms with E-state index >= 15 is 0 Å². The van der Waals surface area contributed by atoms with Gasteiger partial charge in [-0.25, -0.2) is 0 Å². The molecule has 2 N–H and O–H groups in total. The smallest absolute Gasteiger partial charge is 0.0762 e. The van der Waals surface area contributed by atoms with Crippen molar-refractivity contribution < 1.29 is 0 Å². The highest BCUT2D eigenvalue weighted by atomic mass is 35.5. The molecule has 98 valence electrons. The van der Waals surface area contributed by atoms with Gasteiger partial charge in [0.05, 0.1) is 10.7 Å². The molecule has 0 aliphatic rings. The Morgan fingerprint density at radius 2 is 2.11 bits per heavy atom. The molecule has 0 saturated carbocycles. The predicted molar refractivity (Wildman–Crippen MR) is 77.1 cm³/mol. The van der Waals surface area contributed by atoms with E-state index in [2.05, 4.69) is 15.4 Å². The third-order valence-electron chi connectivity index (χ3n) is 3.09. The molecule has 0 atom stereocenters.